The Morgan fingerprint density at radius 3 is 2.62 bits per heavy atom. The van der Waals surface area contributed by atoms with E-state index < -0.39 is 0 Å². The molecule has 1 aliphatic rings. The van der Waals surface area contributed by atoms with Crippen molar-refractivity contribution in [1.29, 1.82) is 0 Å². The smallest absolute Gasteiger partial charge is 0.229 e. The van der Waals surface area contributed by atoms with E-state index in [1.165, 1.54) is 19.3 Å². The molecule has 0 unspecified atom stereocenters. The van der Waals surface area contributed by atoms with Gasteiger partial charge in [0.15, 0.2) is 5.13 Å². The maximum absolute atomic E-state index is 12.3. The fraction of sp³-hybridized carbons (Fsp3) is 0.412. The number of nitrogens with one attached hydrogen (secondary N) is 1. The van der Waals surface area contributed by atoms with Crippen LogP contribution in [0.5, 0.6) is 0 Å². The highest BCUT2D eigenvalue weighted by Gasteiger charge is 2.22. The van der Waals surface area contributed by atoms with Crippen molar-refractivity contribution in [3.63, 3.8) is 0 Å². The molecule has 21 heavy (non-hydrogen) atoms. The van der Waals surface area contributed by atoms with E-state index in [1.807, 2.05) is 18.2 Å². The molecule has 1 fully saturated rings. The monoisotopic (exact) mass is 300 g/mol. The fourth-order valence-corrected chi connectivity index (χ4v) is 3.72. The third-order valence-electron chi connectivity index (χ3n) is 4.05. The average molecular weight is 300 g/mol. The molecule has 0 atom stereocenters. The van der Waals surface area contributed by atoms with Crippen molar-refractivity contribution < 1.29 is 4.79 Å². The normalized spacial score (nSPS) is 15.9. The zero-order valence-corrected chi connectivity index (χ0v) is 13.1. The summed E-state index contributed by atoms with van der Waals surface area (Å²) in [4.78, 5) is 18.0. The van der Waals surface area contributed by atoms with Crippen LogP contribution in [0.25, 0.3) is 11.3 Å². The summed E-state index contributed by atoms with van der Waals surface area (Å²) in [6, 6.07) is 10.1. The minimum absolute atomic E-state index is 0.142. The van der Waals surface area contributed by atoms with Crippen molar-refractivity contribution >= 4 is 22.4 Å². The van der Waals surface area contributed by atoms with Gasteiger partial charge >= 0.3 is 0 Å². The van der Waals surface area contributed by atoms with Crippen LogP contribution >= 0.6 is 11.3 Å². The highest BCUT2D eigenvalue weighted by Crippen LogP contribution is 2.31. The number of carbonyl (C=O) groups is 1. The summed E-state index contributed by atoms with van der Waals surface area (Å²) in [5, 5.41) is 3.74. The molecule has 0 spiro atoms. The summed E-state index contributed by atoms with van der Waals surface area (Å²) >= 11 is 1.56. The van der Waals surface area contributed by atoms with E-state index in [0.717, 1.165) is 34.1 Å². The van der Waals surface area contributed by atoms with Gasteiger partial charge in [-0.2, -0.15) is 0 Å². The number of benzene rings is 1. The molecule has 1 amide bonds. The van der Waals surface area contributed by atoms with E-state index in [0.29, 0.717) is 0 Å². The van der Waals surface area contributed by atoms with Crippen LogP contribution in [0.15, 0.2) is 30.3 Å². The van der Waals surface area contributed by atoms with E-state index >= 15 is 0 Å². The Labute approximate surface area is 129 Å². The lowest BCUT2D eigenvalue weighted by Gasteiger charge is -2.19. The molecule has 3 rings (SSSR count). The second-order valence-corrected chi connectivity index (χ2v) is 6.82. The molecular formula is C17H20N2OS. The molecule has 3 nitrogen and oxygen atoms in total. The van der Waals surface area contributed by atoms with Gasteiger partial charge in [-0.25, -0.2) is 4.98 Å². The summed E-state index contributed by atoms with van der Waals surface area (Å²) in [5.74, 6) is 0.311. The van der Waals surface area contributed by atoms with Gasteiger partial charge in [0.05, 0.1) is 5.69 Å². The maximum atomic E-state index is 12.3. The van der Waals surface area contributed by atoms with Gasteiger partial charge in [0.1, 0.15) is 0 Å². The molecule has 0 bridgehead atoms. The Kier molecular flexibility index (Phi) is 4.34. The van der Waals surface area contributed by atoms with Crippen LogP contribution in [0.1, 0.15) is 37.0 Å². The molecule has 1 aromatic carbocycles. The van der Waals surface area contributed by atoms with Gasteiger partial charge in [-0.15, -0.1) is 11.3 Å². The first-order valence-electron chi connectivity index (χ1n) is 7.58. The lowest BCUT2D eigenvalue weighted by Crippen LogP contribution is -2.24. The van der Waals surface area contributed by atoms with E-state index in [9.17, 15) is 4.79 Å². The van der Waals surface area contributed by atoms with Crippen molar-refractivity contribution in [3.05, 3.63) is 35.2 Å². The van der Waals surface area contributed by atoms with Crippen molar-refractivity contribution in [2.45, 2.75) is 39.0 Å². The molecule has 0 saturated heterocycles. The van der Waals surface area contributed by atoms with Gasteiger partial charge in [0, 0.05) is 16.4 Å². The van der Waals surface area contributed by atoms with Crippen molar-refractivity contribution in [1.82, 2.24) is 4.98 Å². The lowest BCUT2D eigenvalue weighted by molar-refractivity contribution is -0.120. The summed E-state index contributed by atoms with van der Waals surface area (Å²) in [6.07, 6.45) is 5.64. The zero-order chi connectivity index (χ0) is 14.7. The summed E-state index contributed by atoms with van der Waals surface area (Å²) in [6.45, 7) is 2.05. The van der Waals surface area contributed by atoms with Gasteiger partial charge in [-0.05, 0) is 19.8 Å². The van der Waals surface area contributed by atoms with Gasteiger partial charge in [0.25, 0.3) is 0 Å². The topological polar surface area (TPSA) is 42.0 Å². The highest BCUT2D eigenvalue weighted by molar-refractivity contribution is 7.16. The number of nitrogens with zero attached hydrogens (tertiary/aromatic N) is 1. The van der Waals surface area contributed by atoms with Crippen molar-refractivity contribution in [2.24, 2.45) is 5.92 Å². The quantitative estimate of drug-likeness (QED) is 0.897. The van der Waals surface area contributed by atoms with Gasteiger partial charge < -0.3 is 5.32 Å². The van der Waals surface area contributed by atoms with Crippen LogP contribution in [0, 0.1) is 12.8 Å². The molecule has 4 heteroatoms. The third kappa shape index (κ3) is 3.32. The number of thiazole rings is 1. The minimum atomic E-state index is 0.142. The number of carbonyl (C=O) groups excluding carboxylic acids is 1. The second kappa shape index (κ2) is 6.39. The minimum Gasteiger partial charge on any atom is -0.302 e. The molecule has 1 saturated carbocycles. The first kappa shape index (κ1) is 14.3. The van der Waals surface area contributed by atoms with Gasteiger partial charge in [-0.3, -0.25) is 4.79 Å². The Morgan fingerprint density at radius 2 is 1.90 bits per heavy atom. The lowest BCUT2D eigenvalue weighted by atomic mass is 9.89. The van der Waals surface area contributed by atoms with Crippen LogP contribution < -0.4 is 5.32 Å². The third-order valence-corrected chi connectivity index (χ3v) is 4.94. The van der Waals surface area contributed by atoms with Gasteiger partial charge in [0.2, 0.25) is 5.91 Å². The number of hydrogen-bond donors (Lipinski definition) is 1. The number of hydrogen-bond acceptors (Lipinski definition) is 3. The fourth-order valence-electron chi connectivity index (χ4n) is 2.89. The summed E-state index contributed by atoms with van der Waals surface area (Å²) in [5.41, 5.74) is 2.07. The largest absolute Gasteiger partial charge is 0.302 e. The van der Waals surface area contributed by atoms with E-state index in [1.54, 1.807) is 11.3 Å². The zero-order valence-electron chi connectivity index (χ0n) is 12.3. The van der Waals surface area contributed by atoms with E-state index in [-0.39, 0.29) is 11.8 Å². The molecule has 0 radical (unpaired) electrons. The average Bonchev–Trinajstić information content (AvgIpc) is 2.89. The Morgan fingerprint density at radius 1 is 1.19 bits per heavy atom. The molecular weight excluding hydrogens is 280 g/mol. The predicted molar refractivity (Wildman–Crippen MR) is 87.5 cm³/mol. The number of anilines is 1. The Bertz CT molecular complexity index is 615. The molecule has 1 aliphatic carbocycles. The first-order chi connectivity index (χ1) is 10.2. The maximum Gasteiger partial charge on any atom is 0.229 e. The van der Waals surface area contributed by atoms with E-state index in [2.05, 4.69) is 29.4 Å². The second-order valence-electron chi connectivity index (χ2n) is 5.61. The SMILES string of the molecule is Cc1sc(NC(=O)C2CCCCC2)nc1-c1ccccc1. The van der Waals surface area contributed by atoms with Crippen molar-refractivity contribution in [2.75, 3.05) is 5.32 Å². The van der Waals surface area contributed by atoms with Crippen LogP contribution in [0.2, 0.25) is 0 Å². The molecule has 0 aliphatic heterocycles. The van der Waals surface area contributed by atoms with Crippen LogP contribution in [-0.2, 0) is 4.79 Å². The van der Waals surface area contributed by atoms with Crippen LogP contribution in [0.4, 0.5) is 5.13 Å². The molecule has 110 valence electrons. The number of rotatable bonds is 3. The van der Waals surface area contributed by atoms with E-state index in [4.69, 9.17) is 0 Å². The van der Waals surface area contributed by atoms with Gasteiger partial charge in [-0.1, -0.05) is 49.6 Å². The Balaban J connectivity index is 1.73. The Hall–Kier alpha value is -1.68. The molecule has 1 aromatic heterocycles. The molecule has 2 aromatic rings. The summed E-state index contributed by atoms with van der Waals surface area (Å²) < 4.78 is 0. The standard InChI is InChI=1S/C17H20N2OS/c1-12-15(13-8-4-2-5-9-13)18-17(21-12)19-16(20)14-10-6-3-7-11-14/h2,4-5,8-9,14H,3,6-7,10-11H2,1H3,(H,18,19,20). The summed E-state index contributed by atoms with van der Waals surface area (Å²) in [7, 11) is 0. The highest BCUT2D eigenvalue weighted by atomic mass is 32.1. The van der Waals surface area contributed by atoms with Crippen molar-refractivity contribution in [3.8, 4) is 11.3 Å². The van der Waals surface area contributed by atoms with Crippen LogP contribution in [-0.4, -0.2) is 10.9 Å². The molecule has 1 heterocycles. The molecule has 1 N–H and O–H groups in total. The number of amides is 1. The number of aromatic nitrogens is 1. The van der Waals surface area contributed by atoms with Crippen LogP contribution in [0.3, 0.4) is 0 Å². The first-order valence-corrected chi connectivity index (χ1v) is 8.39. The predicted octanol–water partition coefficient (Wildman–Crippen LogP) is 4.64. The number of aryl methyl sites for hydroxylation is 1.